The van der Waals surface area contributed by atoms with E-state index >= 15 is 0 Å². The highest BCUT2D eigenvalue weighted by atomic mass is 15.3. The van der Waals surface area contributed by atoms with Crippen molar-refractivity contribution in [1.82, 2.24) is 30.4 Å². The van der Waals surface area contributed by atoms with Crippen LogP contribution in [0.15, 0.2) is 35.5 Å². The van der Waals surface area contributed by atoms with Crippen LogP contribution >= 0.6 is 0 Å². The number of nitrogens with one attached hydrogen (secondary N) is 3. The van der Waals surface area contributed by atoms with Gasteiger partial charge in [0.05, 0.1) is 0 Å². The van der Waals surface area contributed by atoms with Crippen molar-refractivity contribution in [3.8, 4) is 0 Å². The summed E-state index contributed by atoms with van der Waals surface area (Å²) in [5.74, 6) is 2.90. The van der Waals surface area contributed by atoms with E-state index in [1.54, 1.807) is 0 Å². The van der Waals surface area contributed by atoms with Crippen molar-refractivity contribution in [1.29, 1.82) is 0 Å². The fourth-order valence-electron chi connectivity index (χ4n) is 3.81. The number of nitrogens with zero attached hydrogens (tertiary/aromatic N) is 4. The number of fused-ring (bicyclic) bond motifs is 2. The Balaban J connectivity index is 1.38. The van der Waals surface area contributed by atoms with E-state index in [1.807, 2.05) is 0 Å². The fraction of sp³-hybridized carbons (Fsp3) is 0.476. The number of aromatic nitrogens is 4. The minimum absolute atomic E-state index is 0.551. The maximum atomic E-state index is 4.74. The first-order chi connectivity index (χ1) is 13.8. The molecular weight excluding hydrogens is 350 g/mol. The lowest BCUT2D eigenvalue weighted by molar-refractivity contribution is 0.605. The molecule has 0 bridgehead atoms. The first-order valence-corrected chi connectivity index (χ1v) is 10.3. The number of rotatable bonds is 6. The molecule has 0 saturated carbocycles. The van der Waals surface area contributed by atoms with Gasteiger partial charge in [0.1, 0.15) is 12.4 Å². The average molecular weight is 380 g/mol. The van der Waals surface area contributed by atoms with Gasteiger partial charge in [-0.1, -0.05) is 24.6 Å². The fourth-order valence-corrected chi connectivity index (χ4v) is 3.81. The van der Waals surface area contributed by atoms with Crippen LogP contribution in [0.3, 0.4) is 0 Å². The van der Waals surface area contributed by atoms with E-state index in [0.717, 1.165) is 50.1 Å². The summed E-state index contributed by atoms with van der Waals surface area (Å²) in [6, 6.07) is 8.42. The molecule has 0 unspecified atom stereocenters. The Morgan fingerprint density at radius 1 is 1.18 bits per heavy atom. The second-order valence-electron chi connectivity index (χ2n) is 7.23. The third-order valence-corrected chi connectivity index (χ3v) is 5.27. The smallest absolute Gasteiger partial charge is 0.191 e. The van der Waals surface area contributed by atoms with E-state index in [9.17, 15) is 0 Å². The van der Waals surface area contributed by atoms with Crippen molar-refractivity contribution in [2.24, 2.45) is 4.99 Å². The van der Waals surface area contributed by atoms with Crippen LogP contribution in [-0.2, 0) is 25.9 Å². The topological polar surface area (TPSA) is 82.9 Å². The van der Waals surface area contributed by atoms with Crippen LogP contribution in [0.4, 0.5) is 0 Å². The highest BCUT2D eigenvalue weighted by Crippen LogP contribution is 2.18. The number of hydrogen-bond acceptors (Lipinski definition) is 3. The first kappa shape index (κ1) is 18.5. The summed E-state index contributed by atoms with van der Waals surface area (Å²) in [4.78, 5) is 8.08. The average Bonchev–Trinajstić information content (AvgIpc) is 3.22. The maximum absolute atomic E-state index is 4.74. The number of aliphatic imine (C=N–C) groups is 1. The molecule has 0 amide bonds. The van der Waals surface area contributed by atoms with E-state index in [2.05, 4.69) is 67.8 Å². The summed E-state index contributed by atoms with van der Waals surface area (Å²) in [5, 5.41) is 16.8. The molecule has 0 saturated heterocycles. The first-order valence-electron chi connectivity index (χ1n) is 10.3. The van der Waals surface area contributed by atoms with Crippen molar-refractivity contribution in [2.75, 3.05) is 13.1 Å². The van der Waals surface area contributed by atoms with Crippen LogP contribution < -0.4 is 10.6 Å². The lowest BCUT2D eigenvalue weighted by Gasteiger charge is -2.11. The van der Waals surface area contributed by atoms with Gasteiger partial charge in [-0.25, -0.2) is 4.99 Å². The lowest BCUT2D eigenvalue weighted by Crippen LogP contribution is -2.38. The van der Waals surface area contributed by atoms with Gasteiger partial charge in [-0.3, -0.25) is 0 Å². The molecule has 2 aromatic heterocycles. The minimum atomic E-state index is 0.551. The number of aromatic amines is 1. The van der Waals surface area contributed by atoms with E-state index in [-0.39, 0.29) is 0 Å². The Hall–Kier alpha value is -2.83. The number of benzene rings is 1. The third kappa shape index (κ3) is 4.18. The number of hydrogen-bond donors (Lipinski definition) is 3. The highest BCUT2D eigenvalue weighted by Gasteiger charge is 2.14. The van der Waals surface area contributed by atoms with Crippen LogP contribution in [0.1, 0.15) is 43.4 Å². The molecule has 0 radical (unpaired) electrons. The van der Waals surface area contributed by atoms with Crippen molar-refractivity contribution < 1.29 is 0 Å². The summed E-state index contributed by atoms with van der Waals surface area (Å²) in [5.41, 5.74) is 2.51. The Labute approximate surface area is 165 Å². The van der Waals surface area contributed by atoms with Crippen LogP contribution in [0.2, 0.25) is 0 Å². The molecule has 3 heterocycles. The summed E-state index contributed by atoms with van der Waals surface area (Å²) < 4.78 is 2.26. The van der Waals surface area contributed by atoms with Gasteiger partial charge >= 0.3 is 0 Å². The molecule has 3 N–H and O–H groups in total. The Morgan fingerprint density at radius 3 is 3.04 bits per heavy atom. The van der Waals surface area contributed by atoms with Gasteiger partial charge in [0.25, 0.3) is 0 Å². The van der Waals surface area contributed by atoms with E-state index in [1.165, 1.54) is 35.7 Å². The van der Waals surface area contributed by atoms with Gasteiger partial charge in [-0.15, -0.1) is 10.2 Å². The van der Waals surface area contributed by atoms with Gasteiger partial charge < -0.3 is 20.2 Å². The molecule has 28 heavy (non-hydrogen) atoms. The SMILES string of the molecule is CCNC(=NCc1nnc2n1CCCCC2)NCCc1c[nH]c2ccccc12. The van der Waals surface area contributed by atoms with Crippen LogP contribution in [-0.4, -0.2) is 38.8 Å². The molecule has 0 spiro atoms. The molecule has 0 atom stereocenters. The third-order valence-electron chi connectivity index (χ3n) is 5.27. The quantitative estimate of drug-likeness (QED) is 0.454. The molecule has 1 aliphatic heterocycles. The zero-order chi connectivity index (χ0) is 19.2. The van der Waals surface area contributed by atoms with E-state index < -0.39 is 0 Å². The Bertz CT molecular complexity index is 937. The van der Waals surface area contributed by atoms with Gasteiger partial charge in [-0.05, 0) is 37.8 Å². The minimum Gasteiger partial charge on any atom is -0.361 e. The number of guanidine groups is 1. The number of aryl methyl sites for hydroxylation is 1. The molecular formula is C21H29N7. The predicted molar refractivity (Wildman–Crippen MR) is 112 cm³/mol. The number of para-hydroxylation sites is 1. The van der Waals surface area contributed by atoms with E-state index in [4.69, 9.17) is 4.99 Å². The monoisotopic (exact) mass is 379 g/mol. The maximum Gasteiger partial charge on any atom is 0.191 e. The van der Waals surface area contributed by atoms with Gasteiger partial charge in [-0.2, -0.15) is 0 Å². The lowest BCUT2D eigenvalue weighted by atomic mass is 10.1. The van der Waals surface area contributed by atoms with Gasteiger partial charge in [0, 0.05) is 43.2 Å². The molecule has 1 aromatic carbocycles. The molecule has 3 aromatic rings. The van der Waals surface area contributed by atoms with Gasteiger partial charge in [0.2, 0.25) is 0 Å². The van der Waals surface area contributed by atoms with Crippen molar-refractivity contribution in [3.63, 3.8) is 0 Å². The summed E-state index contributed by atoms with van der Waals surface area (Å²) in [6.45, 7) is 5.30. The summed E-state index contributed by atoms with van der Waals surface area (Å²) in [7, 11) is 0. The standard InChI is InChI=1S/C21H29N7/c1-2-22-21(23-12-11-16-14-24-18-9-6-5-8-17(16)18)25-15-20-27-26-19-10-4-3-7-13-28(19)20/h5-6,8-9,14,24H,2-4,7,10-13,15H2,1H3,(H2,22,23,25). The van der Waals surface area contributed by atoms with Crippen LogP contribution in [0.25, 0.3) is 10.9 Å². The zero-order valence-corrected chi connectivity index (χ0v) is 16.5. The normalized spacial score (nSPS) is 14.7. The molecule has 148 valence electrons. The summed E-state index contributed by atoms with van der Waals surface area (Å²) >= 11 is 0. The van der Waals surface area contributed by atoms with Crippen molar-refractivity contribution >= 4 is 16.9 Å². The van der Waals surface area contributed by atoms with Gasteiger partial charge in [0.15, 0.2) is 11.8 Å². The van der Waals surface area contributed by atoms with Crippen LogP contribution in [0.5, 0.6) is 0 Å². The Kier molecular flexibility index (Phi) is 5.89. The zero-order valence-electron chi connectivity index (χ0n) is 16.5. The predicted octanol–water partition coefficient (Wildman–Crippen LogP) is 2.78. The van der Waals surface area contributed by atoms with Crippen molar-refractivity contribution in [3.05, 3.63) is 47.7 Å². The molecule has 0 fully saturated rings. The van der Waals surface area contributed by atoms with Crippen LogP contribution in [0, 0.1) is 0 Å². The largest absolute Gasteiger partial charge is 0.361 e. The highest BCUT2D eigenvalue weighted by molar-refractivity contribution is 5.83. The molecule has 1 aliphatic rings. The second-order valence-corrected chi connectivity index (χ2v) is 7.23. The number of H-pyrrole nitrogens is 1. The molecule has 7 heteroatoms. The van der Waals surface area contributed by atoms with E-state index in [0.29, 0.717) is 6.54 Å². The summed E-state index contributed by atoms with van der Waals surface area (Å²) in [6.07, 6.45) is 7.74. The Morgan fingerprint density at radius 2 is 2.11 bits per heavy atom. The molecule has 0 aliphatic carbocycles. The van der Waals surface area contributed by atoms with Crippen molar-refractivity contribution in [2.45, 2.75) is 52.1 Å². The molecule has 7 nitrogen and oxygen atoms in total. The second kappa shape index (κ2) is 8.91. The molecule has 4 rings (SSSR count).